The number of allylic oxidation sites excluding steroid dienone is 2. The van der Waals surface area contributed by atoms with E-state index in [1.165, 1.54) is 54.3 Å². The lowest BCUT2D eigenvalue weighted by atomic mass is 9.71. The first kappa shape index (κ1) is 29.2. The topological polar surface area (TPSA) is 83.5 Å². The maximum absolute atomic E-state index is 12.2. The van der Waals surface area contributed by atoms with Crippen molar-refractivity contribution in [2.75, 3.05) is 19.0 Å². The van der Waals surface area contributed by atoms with Crippen molar-refractivity contribution in [2.45, 2.75) is 83.6 Å². The fourth-order valence-corrected chi connectivity index (χ4v) is 6.69. The van der Waals surface area contributed by atoms with Crippen molar-refractivity contribution in [1.29, 1.82) is 0 Å². The Morgan fingerprint density at radius 1 is 1.07 bits per heavy atom. The Balaban J connectivity index is 1.04. The third-order valence-electron chi connectivity index (χ3n) is 8.47. The molecule has 0 saturated carbocycles. The lowest BCUT2D eigenvalue weighted by molar-refractivity contribution is -0.121. The summed E-state index contributed by atoms with van der Waals surface area (Å²) in [5.74, 6) is 1.73. The van der Waals surface area contributed by atoms with E-state index in [0.717, 1.165) is 61.2 Å². The van der Waals surface area contributed by atoms with Gasteiger partial charge in [0, 0.05) is 46.9 Å². The molecule has 3 aromatic rings. The Hall–Kier alpha value is -3.25. The number of ether oxygens (including phenoxy) is 1. The summed E-state index contributed by atoms with van der Waals surface area (Å²) in [6, 6.07) is 11.2. The van der Waals surface area contributed by atoms with Crippen molar-refractivity contribution < 1.29 is 14.6 Å². The first-order valence-electron chi connectivity index (χ1n) is 15.1. The van der Waals surface area contributed by atoms with Gasteiger partial charge in [0.05, 0.1) is 12.6 Å². The molecule has 0 fully saturated rings. The maximum Gasteiger partial charge on any atom is 0.220 e. The number of aromatic nitrogens is 1. The SMILES string of the molecule is COc1cc(CNC(=O)CCCCCCCCNc2c3c(nc4cc(Cl)ccc24)CC2C=C(C)CC3C2)ccc1O. The number of phenolic OH excluding ortho intramolecular Hbond substituents is 1. The Morgan fingerprint density at radius 3 is 2.71 bits per heavy atom. The van der Waals surface area contributed by atoms with Crippen LogP contribution in [0.2, 0.25) is 5.02 Å². The summed E-state index contributed by atoms with van der Waals surface area (Å²) in [6.45, 7) is 3.65. The molecule has 2 atom stereocenters. The number of amides is 1. The monoisotopic (exact) mass is 575 g/mol. The van der Waals surface area contributed by atoms with E-state index in [9.17, 15) is 9.90 Å². The van der Waals surface area contributed by atoms with Crippen LogP contribution in [0.5, 0.6) is 11.5 Å². The van der Waals surface area contributed by atoms with E-state index in [-0.39, 0.29) is 11.7 Å². The Kier molecular flexibility index (Phi) is 9.71. The van der Waals surface area contributed by atoms with Crippen LogP contribution < -0.4 is 15.4 Å². The molecule has 41 heavy (non-hydrogen) atoms. The second kappa shape index (κ2) is 13.6. The maximum atomic E-state index is 12.2. The van der Waals surface area contributed by atoms with E-state index >= 15 is 0 Å². The summed E-state index contributed by atoms with van der Waals surface area (Å²) in [4.78, 5) is 17.3. The molecule has 0 saturated heterocycles. The normalized spacial score (nSPS) is 17.6. The van der Waals surface area contributed by atoms with Crippen molar-refractivity contribution in [3.63, 3.8) is 0 Å². The predicted octanol–water partition coefficient (Wildman–Crippen LogP) is 8.06. The van der Waals surface area contributed by atoms with Crippen LogP contribution >= 0.6 is 11.6 Å². The summed E-state index contributed by atoms with van der Waals surface area (Å²) in [5.41, 5.74) is 7.36. The van der Waals surface area contributed by atoms with E-state index in [4.69, 9.17) is 21.3 Å². The Bertz CT molecular complexity index is 1420. The van der Waals surface area contributed by atoms with Crippen LogP contribution in [0.25, 0.3) is 10.9 Å². The summed E-state index contributed by atoms with van der Waals surface area (Å²) < 4.78 is 5.13. The number of pyridine rings is 1. The summed E-state index contributed by atoms with van der Waals surface area (Å²) in [7, 11) is 1.52. The molecule has 0 aliphatic heterocycles. The first-order chi connectivity index (χ1) is 19.9. The number of rotatable bonds is 13. The molecule has 1 amide bonds. The predicted molar refractivity (Wildman–Crippen MR) is 167 cm³/mol. The second-order valence-electron chi connectivity index (χ2n) is 11.7. The van der Waals surface area contributed by atoms with Gasteiger partial charge in [-0.1, -0.05) is 55.0 Å². The number of anilines is 1. The average Bonchev–Trinajstić information content (AvgIpc) is 2.94. The molecule has 0 spiro atoms. The standard InChI is InChI=1S/C34H42ClN3O3/c1-22-15-24-17-25(16-22)33-29(18-24)38-28-20-26(35)11-12-27(28)34(33)36-14-8-6-4-3-5-7-9-32(40)37-21-23-10-13-30(39)31(19-23)41-2/h10-13,15,19-20,24-25,39H,3-9,14,16-18,21H2,1-2H3,(H,36,38)(H,37,40). The molecule has 2 unspecified atom stereocenters. The highest BCUT2D eigenvalue weighted by atomic mass is 35.5. The molecule has 2 bridgehead atoms. The van der Waals surface area contributed by atoms with Crippen LogP contribution in [-0.4, -0.2) is 29.7 Å². The van der Waals surface area contributed by atoms with E-state index in [1.807, 2.05) is 12.1 Å². The summed E-state index contributed by atoms with van der Waals surface area (Å²) in [6.07, 6.45) is 12.9. The smallest absolute Gasteiger partial charge is 0.220 e. The molecule has 2 aromatic carbocycles. The average molecular weight is 576 g/mol. The van der Waals surface area contributed by atoms with Crippen molar-refractivity contribution in [3.8, 4) is 11.5 Å². The van der Waals surface area contributed by atoms with E-state index in [1.54, 1.807) is 18.2 Å². The van der Waals surface area contributed by atoms with Gasteiger partial charge in [-0.3, -0.25) is 9.78 Å². The highest BCUT2D eigenvalue weighted by Crippen LogP contribution is 2.47. The largest absolute Gasteiger partial charge is 0.504 e. The summed E-state index contributed by atoms with van der Waals surface area (Å²) in [5, 5.41) is 18.4. The molecule has 218 valence electrons. The number of benzene rings is 2. The highest BCUT2D eigenvalue weighted by molar-refractivity contribution is 6.31. The van der Waals surface area contributed by atoms with Gasteiger partial charge in [-0.05, 0) is 86.8 Å². The lowest BCUT2D eigenvalue weighted by Gasteiger charge is -2.36. The molecule has 2 aliphatic rings. The van der Waals surface area contributed by atoms with Crippen molar-refractivity contribution in [3.05, 3.63) is 69.9 Å². The third kappa shape index (κ3) is 7.34. The third-order valence-corrected chi connectivity index (χ3v) is 8.71. The number of methoxy groups -OCH3 is 1. The van der Waals surface area contributed by atoms with Crippen LogP contribution in [0.1, 0.15) is 87.4 Å². The number of hydrogen-bond donors (Lipinski definition) is 3. The number of phenols is 1. The molecule has 0 radical (unpaired) electrons. The molecule has 1 aromatic heterocycles. The van der Waals surface area contributed by atoms with Gasteiger partial charge in [0.15, 0.2) is 11.5 Å². The molecular weight excluding hydrogens is 534 g/mol. The minimum atomic E-state index is 0.0606. The Morgan fingerprint density at radius 2 is 1.88 bits per heavy atom. The van der Waals surface area contributed by atoms with E-state index < -0.39 is 0 Å². The molecule has 6 nitrogen and oxygen atoms in total. The molecule has 7 heteroatoms. The Labute approximate surface area is 248 Å². The molecule has 2 aliphatic carbocycles. The van der Waals surface area contributed by atoms with Gasteiger partial charge in [0.25, 0.3) is 0 Å². The minimum absolute atomic E-state index is 0.0606. The second-order valence-corrected chi connectivity index (χ2v) is 12.1. The van der Waals surface area contributed by atoms with Gasteiger partial charge < -0.3 is 20.5 Å². The van der Waals surface area contributed by atoms with Crippen molar-refractivity contribution >= 4 is 34.1 Å². The van der Waals surface area contributed by atoms with Crippen molar-refractivity contribution in [2.24, 2.45) is 5.92 Å². The van der Waals surface area contributed by atoms with Crippen LogP contribution in [0, 0.1) is 5.92 Å². The van der Waals surface area contributed by atoms with E-state index in [2.05, 4.69) is 29.7 Å². The highest BCUT2D eigenvalue weighted by Gasteiger charge is 2.33. The number of nitrogens with one attached hydrogen (secondary N) is 2. The number of unbranched alkanes of at least 4 members (excludes halogenated alkanes) is 5. The number of aromatic hydroxyl groups is 1. The van der Waals surface area contributed by atoms with Crippen LogP contribution in [0.4, 0.5) is 5.69 Å². The number of carbonyl (C=O) groups is 1. The molecule has 5 rings (SSSR count). The number of nitrogens with zero attached hydrogens (tertiary/aromatic N) is 1. The lowest BCUT2D eigenvalue weighted by Crippen LogP contribution is -2.24. The van der Waals surface area contributed by atoms with Crippen LogP contribution in [-0.2, 0) is 17.8 Å². The quantitative estimate of drug-likeness (QED) is 0.142. The fourth-order valence-electron chi connectivity index (χ4n) is 6.53. The molecule has 3 N–H and O–H groups in total. The molecule has 1 heterocycles. The number of carbonyl (C=O) groups excluding carboxylic acids is 1. The van der Waals surface area contributed by atoms with Gasteiger partial charge in [-0.2, -0.15) is 0 Å². The molecular formula is C34H42ClN3O3. The number of halogens is 1. The fraction of sp³-hybridized carbons (Fsp3) is 0.471. The van der Waals surface area contributed by atoms with Crippen molar-refractivity contribution in [1.82, 2.24) is 10.3 Å². The zero-order chi connectivity index (χ0) is 28.8. The van der Waals surface area contributed by atoms with Gasteiger partial charge in [0.1, 0.15) is 0 Å². The number of fused-ring (bicyclic) bond motifs is 5. The van der Waals surface area contributed by atoms with Crippen LogP contribution in [0.15, 0.2) is 48.0 Å². The van der Waals surface area contributed by atoms with Gasteiger partial charge in [0.2, 0.25) is 5.91 Å². The zero-order valence-corrected chi connectivity index (χ0v) is 25.0. The minimum Gasteiger partial charge on any atom is -0.504 e. The zero-order valence-electron chi connectivity index (χ0n) is 24.3. The van der Waals surface area contributed by atoms with Gasteiger partial charge in [-0.15, -0.1) is 0 Å². The summed E-state index contributed by atoms with van der Waals surface area (Å²) >= 11 is 6.34. The van der Waals surface area contributed by atoms with Gasteiger partial charge >= 0.3 is 0 Å². The van der Waals surface area contributed by atoms with Crippen LogP contribution in [0.3, 0.4) is 0 Å². The van der Waals surface area contributed by atoms with E-state index in [0.29, 0.717) is 30.6 Å². The van der Waals surface area contributed by atoms with Gasteiger partial charge in [-0.25, -0.2) is 0 Å². The number of hydrogen-bond acceptors (Lipinski definition) is 5. The first-order valence-corrected chi connectivity index (χ1v) is 15.4.